The first kappa shape index (κ1) is 25.5. The number of nitrogens with one attached hydrogen (secondary N) is 3. The highest BCUT2D eigenvalue weighted by Gasteiger charge is 2.33. The summed E-state index contributed by atoms with van der Waals surface area (Å²) in [7, 11) is 3.14. The van der Waals surface area contributed by atoms with E-state index in [9.17, 15) is 4.79 Å². The van der Waals surface area contributed by atoms with E-state index in [1.165, 1.54) is 32.8 Å². The number of aliphatic imine (C=N–C) groups is 1. The maximum atomic E-state index is 11.2. The van der Waals surface area contributed by atoms with E-state index in [1.54, 1.807) is 7.05 Å². The second-order valence-corrected chi connectivity index (χ2v) is 7.25. The number of amides is 1. The van der Waals surface area contributed by atoms with Crippen molar-refractivity contribution >= 4 is 41.7 Å². The van der Waals surface area contributed by atoms with Crippen molar-refractivity contribution in [1.29, 1.82) is 0 Å². The van der Waals surface area contributed by atoms with Crippen LogP contribution in [-0.4, -0.2) is 46.0 Å². The fourth-order valence-electron chi connectivity index (χ4n) is 3.63. The number of ether oxygens (including phenoxy) is 2. The van der Waals surface area contributed by atoms with Gasteiger partial charge >= 0.3 is 6.09 Å². The summed E-state index contributed by atoms with van der Waals surface area (Å²) >= 11 is 0. The molecular formula is C21H35IN4O3. The molecule has 0 saturated heterocycles. The van der Waals surface area contributed by atoms with Crippen molar-refractivity contribution in [3.63, 3.8) is 0 Å². The number of guanidine groups is 1. The fraction of sp³-hybridized carbons (Fsp3) is 0.619. The zero-order valence-electron chi connectivity index (χ0n) is 17.8. The molecule has 29 heavy (non-hydrogen) atoms. The van der Waals surface area contributed by atoms with Gasteiger partial charge in [0.2, 0.25) is 0 Å². The molecule has 8 heteroatoms. The zero-order chi connectivity index (χ0) is 20.2. The van der Waals surface area contributed by atoms with Gasteiger partial charge in [-0.1, -0.05) is 25.0 Å². The highest BCUT2D eigenvalue weighted by Crippen LogP contribution is 2.40. The molecule has 0 unspecified atom stereocenters. The van der Waals surface area contributed by atoms with Crippen LogP contribution in [0.15, 0.2) is 29.3 Å². The quantitative estimate of drug-likeness (QED) is 0.198. The number of hydrogen-bond acceptors (Lipinski definition) is 4. The van der Waals surface area contributed by atoms with E-state index in [0.29, 0.717) is 17.6 Å². The van der Waals surface area contributed by atoms with Crippen molar-refractivity contribution in [3.8, 4) is 0 Å². The standard InChI is InChI=1S/C21H34N4O3.HI/c1-4-28-14-13-21(11-5-6-12-21)16-24-19(22-2)23-15-17-7-9-18(10-8-17)25-20(26)27-3;/h7-10H,4-6,11-16H2,1-3H3,(H,25,26)(H2,22,23,24);1H. The van der Waals surface area contributed by atoms with Gasteiger partial charge in [0.15, 0.2) is 5.96 Å². The SMILES string of the molecule is CCOCCC1(CNC(=NC)NCc2ccc(NC(=O)OC)cc2)CCCC1.I. The van der Waals surface area contributed by atoms with Crippen LogP contribution in [0.3, 0.4) is 0 Å². The van der Waals surface area contributed by atoms with E-state index < -0.39 is 6.09 Å². The molecule has 1 fully saturated rings. The Balaban J connectivity index is 0.00000420. The zero-order valence-corrected chi connectivity index (χ0v) is 20.1. The topological polar surface area (TPSA) is 84.0 Å². The number of hydrogen-bond donors (Lipinski definition) is 3. The first-order chi connectivity index (χ1) is 13.6. The number of benzene rings is 1. The Bertz CT molecular complexity index is 631. The van der Waals surface area contributed by atoms with Gasteiger partial charge in [-0.25, -0.2) is 4.79 Å². The van der Waals surface area contributed by atoms with E-state index >= 15 is 0 Å². The number of nitrogens with zero attached hydrogens (tertiary/aromatic N) is 1. The van der Waals surface area contributed by atoms with E-state index in [0.717, 1.165) is 37.7 Å². The number of carbonyl (C=O) groups excluding carboxylic acids is 1. The maximum Gasteiger partial charge on any atom is 0.411 e. The maximum absolute atomic E-state index is 11.2. The van der Waals surface area contributed by atoms with Crippen molar-refractivity contribution in [3.05, 3.63) is 29.8 Å². The van der Waals surface area contributed by atoms with Gasteiger partial charge in [0.05, 0.1) is 7.11 Å². The van der Waals surface area contributed by atoms with Crippen molar-refractivity contribution < 1.29 is 14.3 Å². The van der Waals surface area contributed by atoms with Gasteiger partial charge in [-0.15, -0.1) is 24.0 Å². The van der Waals surface area contributed by atoms with Gasteiger partial charge in [-0.05, 0) is 49.3 Å². The second kappa shape index (κ2) is 13.6. The summed E-state index contributed by atoms with van der Waals surface area (Å²) in [5.74, 6) is 0.805. The molecule has 0 bridgehead atoms. The lowest BCUT2D eigenvalue weighted by atomic mass is 9.83. The normalized spacial score (nSPS) is 15.3. The Kier molecular flexibility index (Phi) is 12.0. The minimum atomic E-state index is -0.472. The Labute approximate surface area is 191 Å². The fourth-order valence-corrected chi connectivity index (χ4v) is 3.63. The van der Waals surface area contributed by atoms with Crippen molar-refractivity contribution in [1.82, 2.24) is 10.6 Å². The molecule has 0 aliphatic heterocycles. The number of carbonyl (C=O) groups is 1. The highest BCUT2D eigenvalue weighted by atomic mass is 127. The summed E-state index contributed by atoms with van der Waals surface area (Å²) < 4.78 is 10.2. The van der Waals surface area contributed by atoms with Gasteiger partial charge in [-0.3, -0.25) is 10.3 Å². The lowest BCUT2D eigenvalue weighted by Gasteiger charge is -2.30. The molecule has 1 aliphatic rings. The minimum Gasteiger partial charge on any atom is -0.453 e. The van der Waals surface area contributed by atoms with Crippen LogP contribution >= 0.6 is 24.0 Å². The Morgan fingerprint density at radius 2 is 1.86 bits per heavy atom. The summed E-state index contributed by atoms with van der Waals surface area (Å²) in [5, 5.41) is 9.51. The molecule has 3 N–H and O–H groups in total. The Morgan fingerprint density at radius 1 is 1.17 bits per heavy atom. The molecule has 0 atom stereocenters. The van der Waals surface area contributed by atoms with Gasteiger partial charge in [0.25, 0.3) is 0 Å². The van der Waals surface area contributed by atoms with Crippen molar-refractivity contribution in [2.24, 2.45) is 10.4 Å². The average Bonchev–Trinajstić information content (AvgIpc) is 3.18. The summed E-state index contributed by atoms with van der Waals surface area (Å²) in [6.07, 6.45) is 5.72. The first-order valence-electron chi connectivity index (χ1n) is 10.1. The molecular weight excluding hydrogens is 483 g/mol. The monoisotopic (exact) mass is 518 g/mol. The van der Waals surface area contributed by atoms with E-state index in [-0.39, 0.29) is 24.0 Å². The molecule has 1 aromatic rings. The number of rotatable bonds is 9. The average molecular weight is 518 g/mol. The summed E-state index contributed by atoms with van der Waals surface area (Å²) in [5.41, 5.74) is 2.12. The molecule has 7 nitrogen and oxygen atoms in total. The van der Waals surface area contributed by atoms with Crippen LogP contribution in [0.25, 0.3) is 0 Å². The third-order valence-corrected chi connectivity index (χ3v) is 5.35. The lowest BCUT2D eigenvalue weighted by Crippen LogP contribution is -2.43. The van der Waals surface area contributed by atoms with Crippen LogP contribution in [0, 0.1) is 5.41 Å². The predicted molar refractivity (Wildman–Crippen MR) is 128 cm³/mol. The van der Waals surface area contributed by atoms with E-state index in [1.807, 2.05) is 31.2 Å². The summed E-state index contributed by atoms with van der Waals surface area (Å²) in [4.78, 5) is 15.6. The largest absolute Gasteiger partial charge is 0.453 e. The third kappa shape index (κ3) is 8.77. The van der Waals surface area contributed by atoms with Crippen molar-refractivity contribution in [2.45, 2.75) is 45.6 Å². The van der Waals surface area contributed by atoms with Gasteiger partial charge in [-0.2, -0.15) is 0 Å². The minimum absolute atomic E-state index is 0. The van der Waals surface area contributed by atoms with Crippen LogP contribution < -0.4 is 16.0 Å². The molecule has 0 radical (unpaired) electrons. The molecule has 1 aliphatic carbocycles. The molecule has 1 saturated carbocycles. The van der Waals surface area contributed by atoms with E-state index in [2.05, 4.69) is 25.7 Å². The molecule has 0 spiro atoms. The van der Waals surface area contributed by atoms with Crippen LogP contribution in [0.5, 0.6) is 0 Å². The van der Waals surface area contributed by atoms with E-state index in [4.69, 9.17) is 4.74 Å². The van der Waals surface area contributed by atoms with Crippen LogP contribution in [0.2, 0.25) is 0 Å². The van der Waals surface area contributed by atoms with Crippen LogP contribution in [-0.2, 0) is 16.0 Å². The smallest absolute Gasteiger partial charge is 0.411 e. The number of methoxy groups -OCH3 is 1. The molecule has 2 rings (SSSR count). The first-order valence-corrected chi connectivity index (χ1v) is 10.1. The third-order valence-electron chi connectivity index (χ3n) is 5.35. The van der Waals surface area contributed by atoms with Crippen molar-refractivity contribution in [2.75, 3.05) is 39.2 Å². The van der Waals surface area contributed by atoms with Crippen LogP contribution in [0.1, 0.15) is 44.6 Å². The number of anilines is 1. The predicted octanol–water partition coefficient (Wildman–Crippen LogP) is 4.13. The Morgan fingerprint density at radius 3 is 2.45 bits per heavy atom. The summed E-state index contributed by atoms with van der Waals surface area (Å²) in [6, 6.07) is 7.63. The molecule has 0 heterocycles. The molecule has 1 amide bonds. The summed E-state index contributed by atoms with van der Waals surface area (Å²) in [6.45, 7) is 5.23. The second-order valence-electron chi connectivity index (χ2n) is 7.25. The number of halogens is 1. The Hall–Kier alpha value is -1.55. The molecule has 0 aromatic heterocycles. The lowest BCUT2D eigenvalue weighted by molar-refractivity contribution is 0.105. The van der Waals surface area contributed by atoms with Gasteiger partial charge in [0.1, 0.15) is 0 Å². The molecule has 164 valence electrons. The molecule has 1 aromatic carbocycles. The van der Waals surface area contributed by atoms with Gasteiger partial charge in [0, 0.05) is 39.0 Å². The van der Waals surface area contributed by atoms with Gasteiger partial charge < -0.3 is 20.1 Å². The van der Waals surface area contributed by atoms with Crippen LogP contribution in [0.4, 0.5) is 10.5 Å². The highest BCUT2D eigenvalue weighted by molar-refractivity contribution is 14.0.